The average molecular weight is 563 g/mol. The molecule has 11 heteroatoms. The summed E-state index contributed by atoms with van der Waals surface area (Å²) in [5, 5.41) is 3.19. The van der Waals surface area contributed by atoms with E-state index in [4.69, 9.17) is 9.47 Å². The summed E-state index contributed by atoms with van der Waals surface area (Å²) in [4.78, 5) is 35.6. The Balaban J connectivity index is 1.85. The fourth-order valence-corrected chi connectivity index (χ4v) is 5.15. The van der Waals surface area contributed by atoms with E-state index in [1.54, 1.807) is 88.5 Å². The molecule has 4 rings (SSSR count). The molecule has 208 valence electrons. The number of nitrogens with one attached hydrogen (secondary N) is 2. The molecule has 10 nitrogen and oxygen atoms in total. The molecule has 0 spiro atoms. The average Bonchev–Trinajstić information content (AvgIpc) is 2.94. The van der Waals surface area contributed by atoms with Gasteiger partial charge < -0.3 is 14.8 Å². The van der Waals surface area contributed by atoms with Crippen LogP contribution in [0.1, 0.15) is 53.6 Å². The van der Waals surface area contributed by atoms with E-state index >= 15 is 0 Å². The fraction of sp³-hybridized carbons (Fsp3) is 0.241. The van der Waals surface area contributed by atoms with Crippen molar-refractivity contribution in [3.05, 3.63) is 89.7 Å². The van der Waals surface area contributed by atoms with E-state index in [0.29, 0.717) is 12.2 Å². The third kappa shape index (κ3) is 6.37. The lowest BCUT2D eigenvalue weighted by molar-refractivity contribution is 0.0732. The van der Waals surface area contributed by atoms with E-state index < -0.39 is 27.4 Å². The monoisotopic (exact) mass is 562 g/mol. The van der Waals surface area contributed by atoms with Crippen LogP contribution in [-0.4, -0.2) is 43.1 Å². The van der Waals surface area contributed by atoms with Gasteiger partial charge in [-0.05, 0) is 62.2 Å². The maximum atomic E-state index is 13.8. The molecule has 0 aliphatic heterocycles. The number of esters is 1. The van der Waals surface area contributed by atoms with Crippen molar-refractivity contribution in [1.29, 1.82) is 0 Å². The molecule has 1 amide bonds. The largest absolute Gasteiger partial charge is 0.497 e. The summed E-state index contributed by atoms with van der Waals surface area (Å²) < 4.78 is 38.9. The molecule has 0 saturated carbocycles. The van der Waals surface area contributed by atoms with Crippen LogP contribution >= 0.6 is 0 Å². The number of nitrogens with zero attached hydrogens (tertiary/aromatic N) is 2. The highest BCUT2D eigenvalue weighted by atomic mass is 32.2. The number of pyridine rings is 2. The molecule has 0 fully saturated rings. The number of hydrogen-bond donors (Lipinski definition) is 2. The van der Waals surface area contributed by atoms with Gasteiger partial charge in [0.05, 0.1) is 24.0 Å². The number of amides is 1. The highest BCUT2D eigenvalue weighted by molar-refractivity contribution is 7.92. The van der Waals surface area contributed by atoms with Crippen molar-refractivity contribution in [2.45, 2.75) is 32.7 Å². The molecular weight excluding hydrogens is 532 g/mol. The lowest BCUT2D eigenvalue weighted by atomic mass is 9.93. The van der Waals surface area contributed by atoms with Crippen LogP contribution in [0.15, 0.2) is 72.9 Å². The van der Waals surface area contributed by atoms with Gasteiger partial charge in [0, 0.05) is 11.6 Å². The number of ether oxygens (including phenoxy) is 2. The van der Waals surface area contributed by atoms with Gasteiger partial charge in [-0.25, -0.2) is 18.2 Å². The molecule has 0 aliphatic carbocycles. The number of sulfonamides is 1. The van der Waals surface area contributed by atoms with Crippen molar-refractivity contribution in [1.82, 2.24) is 15.3 Å². The molecule has 0 saturated heterocycles. The number of benzene rings is 2. The zero-order chi connectivity index (χ0) is 28.9. The molecule has 0 radical (unpaired) electrons. The lowest BCUT2D eigenvalue weighted by Gasteiger charge is -2.27. The highest BCUT2D eigenvalue weighted by Crippen LogP contribution is 2.34. The molecule has 0 aliphatic rings. The Morgan fingerprint density at radius 1 is 1.00 bits per heavy atom. The normalized spacial score (nSPS) is 11.6. The molecule has 4 aromatic rings. The van der Waals surface area contributed by atoms with Gasteiger partial charge in [-0.2, -0.15) is 0 Å². The predicted molar refractivity (Wildman–Crippen MR) is 152 cm³/mol. The van der Waals surface area contributed by atoms with Crippen molar-refractivity contribution < 1.29 is 27.5 Å². The molecule has 2 aromatic heterocycles. The number of fused-ring (bicyclic) bond motifs is 1. The fourth-order valence-electron chi connectivity index (χ4n) is 4.06. The minimum Gasteiger partial charge on any atom is -0.497 e. The van der Waals surface area contributed by atoms with Crippen LogP contribution in [0.25, 0.3) is 10.9 Å². The first-order valence-corrected chi connectivity index (χ1v) is 14.2. The standard InChI is InChI=1S/C29H30N4O6S/c1-5-17-40(36,37)33-26-22-15-10-16-30-23(22)25(39-28(35)19-11-7-6-8-12-19)24(31-26)27(34)32-29(2,3)20-13-9-14-21(18-20)38-4/h6-16,18H,5,17H2,1-4H3,(H,31,33)(H,32,34). The number of aromatic nitrogens is 2. The van der Waals surface area contributed by atoms with E-state index in [1.165, 1.54) is 6.20 Å². The number of carbonyl (C=O) groups excluding carboxylic acids is 2. The van der Waals surface area contributed by atoms with E-state index in [9.17, 15) is 18.0 Å². The summed E-state index contributed by atoms with van der Waals surface area (Å²) in [6, 6.07) is 18.6. The molecule has 40 heavy (non-hydrogen) atoms. The number of anilines is 1. The van der Waals surface area contributed by atoms with Crippen LogP contribution in [0.5, 0.6) is 11.5 Å². The van der Waals surface area contributed by atoms with Gasteiger partial charge in [0.15, 0.2) is 11.4 Å². The maximum absolute atomic E-state index is 13.8. The van der Waals surface area contributed by atoms with Crippen LogP contribution in [0.2, 0.25) is 0 Å². The number of rotatable bonds is 10. The molecule has 0 atom stereocenters. The number of methoxy groups -OCH3 is 1. The predicted octanol–water partition coefficient (Wildman–Crippen LogP) is 4.67. The Hall–Kier alpha value is -4.51. The van der Waals surface area contributed by atoms with Crippen molar-refractivity contribution in [2.75, 3.05) is 17.6 Å². The third-order valence-electron chi connectivity index (χ3n) is 6.08. The van der Waals surface area contributed by atoms with Gasteiger partial charge in [0.25, 0.3) is 5.91 Å². The van der Waals surface area contributed by atoms with Crippen LogP contribution in [0.4, 0.5) is 5.82 Å². The second-order valence-electron chi connectivity index (χ2n) is 9.53. The highest BCUT2D eigenvalue weighted by Gasteiger charge is 2.30. The minimum absolute atomic E-state index is 0.0969. The molecule has 0 bridgehead atoms. The molecule has 2 heterocycles. The van der Waals surface area contributed by atoms with Crippen LogP contribution in [-0.2, 0) is 15.6 Å². The summed E-state index contributed by atoms with van der Waals surface area (Å²) in [5.41, 5.74) is -0.135. The summed E-state index contributed by atoms with van der Waals surface area (Å²) in [7, 11) is -2.23. The van der Waals surface area contributed by atoms with Gasteiger partial charge in [-0.15, -0.1) is 0 Å². The SMILES string of the molecule is CCCS(=O)(=O)Nc1nc(C(=O)NC(C)(C)c2cccc(OC)c2)c(OC(=O)c2ccccc2)c2ncccc12. The van der Waals surface area contributed by atoms with Crippen molar-refractivity contribution in [3.63, 3.8) is 0 Å². The molecule has 0 unspecified atom stereocenters. The Labute approximate surface area is 232 Å². The second kappa shape index (κ2) is 11.7. The Morgan fingerprint density at radius 2 is 1.75 bits per heavy atom. The van der Waals surface area contributed by atoms with E-state index in [0.717, 1.165) is 5.56 Å². The van der Waals surface area contributed by atoms with E-state index in [-0.39, 0.29) is 39.5 Å². The topological polar surface area (TPSA) is 137 Å². The van der Waals surface area contributed by atoms with Gasteiger partial charge in [0.1, 0.15) is 17.1 Å². The first kappa shape index (κ1) is 28.5. The molecule has 2 aromatic carbocycles. The summed E-state index contributed by atoms with van der Waals surface area (Å²) in [5.74, 6) is -1.26. The van der Waals surface area contributed by atoms with Gasteiger partial charge in [-0.1, -0.05) is 37.3 Å². The van der Waals surface area contributed by atoms with Gasteiger partial charge in [0.2, 0.25) is 10.0 Å². The van der Waals surface area contributed by atoms with E-state index in [2.05, 4.69) is 20.0 Å². The summed E-state index contributed by atoms with van der Waals surface area (Å²) >= 11 is 0. The lowest BCUT2D eigenvalue weighted by Crippen LogP contribution is -2.41. The third-order valence-corrected chi connectivity index (χ3v) is 7.53. The van der Waals surface area contributed by atoms with E-state index in [1.807, 2.05) is 6.07 Å². The van der Waals surface area contributed by atoms with Crippen LogP contribution < -0.4 is 19.5 Å². The Bertz CT molecular complexity index is 1660. The van der Waals surface area contributed by atoms with Crippen molar-refractivity contribution in [2.24, 2.45) is 0 Å². The first-order chi connectivity index (χ1) is 19.0. The Morgan fingerprint density at radius 3 is 2.45 bits per heavy atom. The minimum atomic E-state index is -3.78. The smallest absolute Gasteiger partial charge is 0.343 e. The van der Waals surface area contributed by atoms with Crippen LogP contribution in [0.3, 0.4) is 0 Å². The van der Waals surface area contributed by atoms with Crippen molar-refractivity contribution >= 4 is 38.6 Å². The second-order valence-corrected chi connectivity index (χ2v) is 11.4. The summed E-state index contributed by atoms with van der Waals surface area (Å²) in [6.07, 6.45) is 1.83. The zero-order valence-corrected chi connectivity index (χ0v) is 23.4. The number of carbonyl (C=O) groups is 2. The molecule has 2 N–H and O–H groups in total. The Kier molecular flexibility index (Phi) is 8.34. The van der Waals surface area contributed by atoms with Gasteiger partial charge in [-0.3, -0.25) is 14.5 Å². The first-order valence-electron chi connectivity index (χ1n) is 12.6. The van der Waals surface area contributed by atoms with Crippen molar-refractivity contribution in [3.8, 4) is 11.5 Å². The summed E-state index contributed by atoms with van der Waals surface area (Å²) in [6.45, 7) is 5.32. The maximum Gasteiger partial charge on any atom is 0.343 e. The van der Waals surface area contributed by atoms with Gasteiger partial charge >= 0.3 is 5.97 Å². The quantitative estimate of drug-likeness (QED) is 0.266. The number of hydrogen-bond acceptors (Lipinski definition) is 8. The zero-order valence-electron chi connectivity index (χ0n) is 22.6. The van der Waals surface area contributed by atoms with Crippen LogP contribution in [0, 0.1) is 0 Å². The molecular formula is C29H30N4O6S.